The van der Waals surface area contributed by atoms with E-state index in [1.54, 1.807) is 6.07 Å². The van der Waals surface area contributed by atoms with Crippen LogP contribution in [0, 0.1) is 12.3 Å². The van der Waals surface area contributed by atoms with Gasteiger partial charge in [-0.3, -0.25) is 0 Å². The predicted molar refractivity (Wildman–Crippen MR) is 101 cm³/mol. The predicted octanol–water partition coefficient (Wildman–Crippen LogP) is 6.53. The molecule has 0 N–H and O–H groups in total. The number of rotatable bonds is 5. The van der Waals surface area contributed by atoms with Crippen LogP contribution in [0.5, 0.6) is 11.5 Å². The summed E-state index contributed by atoms with van der Waals surface area (Å²) >= 11 is 4.59. The number of halogens is 4. The van der Waals surface area contributed by atoms with Crippen LogP contribution in [-0.2, 0) is 0 Å². The molecule has 0 aliphatic heterocycles. The average molecular weight is 402 g/mol. The van der Waals surface area contributed by atoms with E-state index in [9.17, 15) is 22.7 Å². The van der Waals surface area contributed by atoms with Gasteiger partial charge >= 0.3 is 12.9 Å². The highest BCUT2D eigenvalue weighted by molar-refractivity contribution is 7.80. The number of aryl methyl sites for hydroxylation is 1. The molecule has 0 saturated heterocycles. The highest BCUT2D eigenvalue weighted by Gasteiger charge is 2.26. The Morgan fingerprint density at radius 2 is 1.56 bits per heavy atom. The molecule has 0 unspecified atom stereocenters. The van der Waals surface area contributed by atoms with Gasteiger partial charge in [-0.05, 0) is 26.3 Å². The molecule has 4 nitrogen and oxygen atoms in total. The molecule has 0 fully saturated rings. The number of nitrogens with zero attached hydrogens (tertiary/aromatic N) is 2. The van der Waals surface area contributed by atoms with Crippen molar-refractivity contribution in [3.05, 3.63) is 40.9 Å². The molecule has 0 spiro atoms. The second-order valence-corrected chi connectivity index (χ2v) is 5.72. The molecule has 2 rings (SSSR count). The van der Waals surface area contributed by atoms with Crippen LogP contribution in [0.2, 0.25) is 0 Å². The normalized spacial score (nSPS) is 10.5. The quantitative estimate of drug-likeness (QED) is 0.268. The first-order chi connectivity index (χ1) is 12.6. The van der Waals surface area contributed by atoms with Gasteiger partial charge in [-0.15, -0.1) is 12.6 Å². The Balaban J connectivity index is 0.000000646. The Hall–Kier alpha value is -2.41. The van der Waals surface area contributed by atoms with Crippen LogP contribution in [0.1, 0.15) is 19.4 Å². The van der Waals surface area contributed by atoms with Crippen LogP contribution in [0.25, 0.3) is 16.1 Å². The van der Waals surface area contributed by atoms with E-state index in [4.69, 9.17) is 9.47 Å². The van der Waals surface area contributed by atoms with E-state index in [0.29, 0.717) is 35.3 Å². The summed E-state index contributed by atoms with van der Waals surface area (Å²) in [6.45, 7) is 6.77. The van der Waals surface area contributed by atoms with Crippen molar-refractivity contribution < 1.29 is 26.7 Å². The van der Waals surface area contributed by atoms with Crippen molar-refractivity contribution in [2.45, 2.75) is 25.7 Å². The molecule has 0 aliphatic carbocycles. The highest BCUT2D eigenvalue weighted by atomic mass is 32.1. The molecule has 0 amide bonds. The van der Waals surface area contributed by atoms with Crippen LogP contribution in [0.4, 0.5) is 23.0 Å². The van der Waals surface area contributed by atoms with Crippen molar-refractivity contribution in [3.63, 3.8) is 0 Å². The molecule has 0 heterocycles. The minimum atomic E-state index is -6.00. The number of hydrogen-bond donors (Lipinski definition) is 1. The van der Waals surface area contributed by atoms with Gasteiger partial charge in [0.1, 0.15) is 5.75 Å². The first-order valence-electron chi connectivity index (χ1n) is 8.07. The van der Waals surface area contributed by atoms with Crippen molar-refractivity contribution in [2.24, 2.45) is 0 Å². The molecule has 2 aromatic rings. The fourth-order valence-electron chi connectivity index (χ4n) is 2.24. The molecule has 10 heteroatoms. The number of benzene rings is 2. The SMILES string of the molecule is CCOc1cc([N+]#N)c(OCC)c(S)c1-c1ccc(C)cc1.F[B-](F)(F)F. The lowest BCUT2D eigenvalue weighted by Gasteiger charge is -2.14. The van der Waals surface area contributed by atoms with E-state index >= 15 is 0 Å². The van der Waals surface area contributed by atoms with Gasteiger partial charge in [0.15, 0.2) is 4.98 Å². The summed E-state index contributed by atoms with van der Waals surface area (Å²) in [4.78, 5) is 3.89. The molecule has 0 aromatic heterocycles. The van der Waals surface area contributed by atoms with Gasteiger partial charge < -0.3 is 26.7 Å². The maximum Gasteiger partial charge on any atom is 0.673 e. The van der Waals surface area contributed by atoms with Gasteiger partial charge in [-0.1, -0.05) is 29.8 Å². The van der Waals surface area contributed by atoms with E-state index in [2.05, 4.69) is 17.6 Å². The lowest BCUT2D eigenvalue weighted by atomic mass is 10.0. The summed E-state index contributed by atoms with van der Waals surface area (Å²) in [7, 11) is -6.00. The van der Waals surface area contributed by atoms with Gasteiger partial charge in [0.2, 0.25) is 11.1 Å². The Morgan fingerprint density at radius 3 is 2.00 bits per heavy atom. The second-order valence-electron chi connectivity index (χ2n) is 5.27. The zero-order chi connectivity index (χ0) is 20.6. The Kier molecular flexibility index (Phi) is 8.44. The first kappa shape index (κ1) is 22.6. The lowest BCUT2D eigenvalue weighted by Crippen LogP contribution is -2.02. The van der Waals surface area contributed by atoms with Crippen LogP contribution in [0.15, 0.2) is 35.2 Å². The third-order valence-corrected chi connectivity index (χ3v) is 3.66. The molecule has 0 radical (unpaired) electrons. The highest BCUT2D eigenvalue weighted by Crippen LogP contribution is 2.47. The van der Waals surface area contributed by atoms with E-state index < -0.39 is 7.25 Å². The summed E-state index contributed by atoms with van der Waals surface area (Å²) in [5, 5.41) is 9.22. The van der Waals surface area contributed by atoms with E-state index in [1.807, 2.05) is 45.0 Å². The Bertz CT molecular complexity index is 803. The van der Waals surface area contributed by atoms with E-state index in [0.717, 1.165) is 11.1 Å². The number of ether oxygens (including phenoxy) is 2. The fourth-order valence-corrected chi connectivity index (χ4v) is 2.66. The smallest absolute Gasteiger partial charge is 0.493 e. The zero-order valence-electron chi connectivity index (χ0n) is 15.0. The van der Waals surface area contributed by atoms with Crippen LogP contribution in [-0.4, -0.2) is 20.5 Å². The second kappa shape index (κ2) is 10.1. The maximum absolute atomic E-state index is 9.75. The van der Waals surface area contributed by atoms with Crippen molar-refractivity contribution in [2.75, 3.05) is 13.2 Å². The molecular formula is C17H19BF4N2O2S. The summed E-state index contributed by atoms with van der Waals surface area (Å²) in [6.07, 6.45) is 0. The van der Waals surface area contributed by atoms with Crippen LogP contribution < -0.4 is 9.47 Å². The fraction of sp³-hybridized carbons (Fsp3) is 0.294. The summed E-state index contributed by atoms with van der Waals surface area (Å²) in [5.74, 6) is 1.07. The summed E-state index contributed by atoms with van der Waals surface area (Å²) < 4.78 is 50.3. The van der Waals surface area contributed by atoms with Gasteiger partial charge in [0.25, 0.3) is 0 Å². The maximum atomic E-state index is 9.75. The van der Waals surface area contributed by atoms with Gasteiger partial charge in [-0.2, -0.15) is 0 Å². The molecule has 0 saturated carbocycles. The largest absolute Gasteiger partial charge is 0.673 e. The van der Waals surface area contributed by atoms with Crippen molar-refractivity contribution in [1.29, 1.82) is 5.39 Å². The number of hydrogen-bond acceptors (Lipinski definition) is 4. The monoisotopic (exact) mass is 402 g/mol. The van der Waals surface area contributed by atoms with Crippen LogP contribution >= 0.6 is 12.6 Å². The molecule has 0 aliphatic rings. The molecule has 2 aromatic carbocycles. The van der Waals surface area contributed by atoms with Gasteiger partial charge in [-0.25, -0.2) is 0 Å². The van der Waals surface area contributed by atoms with Crippen molar-refractivity contribution >= 4 is 25.6 Å². The molecule has 146 valence electrons. The van der Waals surface area contributed by atoms with Crippen molar-refractivity contribution in [1.82, 2.24) is 0 Å². The Morgan fingerprint density at radius 1 is 1.04 bits per heavy atom. The van der Waals surface area contributed by atoms with Gasteiger partial charge in [0, 0.05) is 5.56 Å². The molecular weight excluding hydrogens is 383 g/mol. The number of thiol groups is 1. The standard InChI is InChI=1S/C17H18N2O2S.BF4/c1-4-20-14-10-13(19-18)16(21-5-2)17(22)15(14)12-8-6-11(3)7-9-12;2-1(3,4)5/h6-10H,4-5H2,1-3H3;/q;-1/p+1. The van der Waals surface area contributed by atoms with E-state index in [-0.39, 0.29) is 0 Å². The average Bonchev–Trinajstić information content (AvgIpc) is 2.57. The minimum Gasteiger partial charge on any atom is -0.493 e. The van der Waals surface area contributed by atoms with Crippen LogP contribution in [0.3, 0.4) is 0 Å². The zero-order valence-corrected chi connectivity index (χ0v) is 15.9. The van der Waals surface area contributed by atoms with E-state index in [1.165, 1.54) is 5.56 Å². The topological polar surface area (TPSA) is 46.6 Å². The lowest BCUT2D eigenvalue weighted by molar-refractivity contribution is 0.327. The number of diazo groups is 1. The minimum absolute atomic E-state index is 0.311. The molecule has 0 bridgehead atoms. The molecule has 0 atom stereocenters. The first-order valence-corrected chi connectivity index (χ1v) is 8.52. The molecule has 27 heavy (non-hydrogen) atoms. The van der Waals surface area contributed by atoms with Gasteiger partial charge in [0.05, 0.1) is 24.2 Å². The van der Waals surface area contributed by atoms with Crippen molar-refractivity contribution in [3.8, 4) is 22.6 Å². The summed E-state index contributed by atoms with van der Waals surface area (Å²) in [6, 6.07) is 9.76. The Labute approximate surface area is 160 Å². The summed E-state index contributed by atoms with van der Waals surface area (Å²) in [5.41, 5.74) is 3.30. The third kappa shape index (κ3) is 7.02. The third-order valence-electron chi connectivity index (χ3n) is 3.24.